The Kier molecular flexibility index (Phi) is 4.24. The van der Waals surface area contributed by atoms with Gasteiger partial charge in [-0.3, -0.25) is 4.79 Å². The maximum Gasteiger partial charge on any atom is 0.188 e. The maximum atomic E-state index is 11.9. The van der Waals surface area contributed by atoms with Crippen LogP contribution in [0.5, 0.6) is 0 Å². The van der Waals surface area contributed by atoms with Crippen molar-refractivity contribution in [3.8, 4) is 0 Å². The highest BCUT2D eigenvalue weighted by Crippen LogP contribution is 2.19. The molecule has 1 aliphatic heterocycles. The fourth-order valence-corrected chi connectivity index (χ4v) is 2.36. The van der Waals surface area contributed by atoms with Crippen molar-refractivity contribution in [2.24, 2.45) is 0 Å². The Morgan fingerprint density at radius 3 is 2.41 bits per heavy atom. The number of hydrogen-bond acceptors (Lipinski definition) is 2. The Morgan fingerprint density at radius 2 is 1.82 bits per heavy atom. The van der Waals surface area contributed by atoms with Gasteiger partial charge < -0.3 is 4.90 Å². The number of allylic oxidation sites excluding steroid dienone is 1. The Labute approximate surface area is 114 Å². The molecule has 0 aliphatic carbocycles. The standard InChI is InChI=1S/C13H13BrClNO/c14-11-5-3-10(4-6-11)12(17)9-13(15)16-7-1-2-8-16/h3-6,9H,1-2,7-8H2/b13-9-. The molecular formula is C13H13BrClNO. The first kappa shape index (κ1) is 12.7. The lowest BCUT2D eigenvalue weighted by atomic mass is 10.1. The van der Waals surface area contributed by atoms with Crippen LogP contribution in [-0.4, -0.2) is 23.8 Å². The molecule has 0 unspecified atom stereocenters. The average molecular weight is 315 g/mol. The molecule has 1 saturated heterocycles. The van der Waals surface area contributed by atoms with Crippen LogP contribution >= 0.6 is 27.5 Å². The van der Waals surface area contributed by atoms with Crippen molar-refractivity contribution in [2.45, 2.75) is 12.8 Å². The lowest BCUT2D eigenvalue weighted by Crippen LogP contribution is -2.16. The first-order chi connectivity index (χ1) is 8.16. The highest BCUT2D eigenvalue weighted by atomic mass is 79.9. The molecule has 0 spiro atoms. The van der Waals surface area contributed by atoms with Crippen molar-refractivity contribution in [3.63, 3.8) is 0 Å². The van der Waals surface area contributed by atoms with Gasteiger partial charge in [0.2, 0.25) is 0 Å². The number of rotatable bonds is 3. The van der Waals surface area contributed by atoms with E-state index in [9.17, 15) is 4.79 Å². The quantitative estimate of drug-likeness (QED) is 0.480. The molecule has 4 heteroatoms. The zero-order valence-corrected chi connectivity index (χ0v) is 11.7. The van der Waals surface area contributed by atoms with Crippen molar-refractivity contribution in [2.75, 3.05) is 13.1 Å². The van der Waals surface area contributed by atoms with Crippen LogP contribution in [0.15, 0.2) is 40.0 Å². The van der Waals surface area contributed by atoms with Crippen LogP contribution in [0.4, 0.5) is 0 Å². The molecule has 1 aromatic rings. The molecule has 2 nitrogen and oxygen atoms in total. The number of carbonyl (C=O) groups is 1. The molecule has 90 valence electrons. The minimum Gasteiger partial charge on any atom is -0.362 e. The molecule has 1 heterocycles. The molecule has 1 aromatic carbocycles. The topological polar surface area (TPSA) is 20.3 Å². The third-order valence-corrected chi connectivity index (χ3v) is 3.66. The van der Waals surface area contributed by atoms with Crippen molar-refractivity contribution >= 4 is 33.3 Å². The molecule has 2 rings (SSSR count). The molecule has 0 saturated carbocycles. The summed E-state index contributed by atoms with van der Waals surface area (Å²) in [5, 5.41) is 0.551. The summed E-state index contributed by atoms with van der Waals surface area (Å²) in [7, 11) is 0. The van der Waals surface area contributed by atoms with E-state index in [1.54, 1.807) is 12.1 Å². The Balaban J connectivity index is 2.09. The van der Waals surface area contributed by atoms with Gasteiger partial charge in [-0.2, -0.15) is 0 Å². The molecule has 0 atom stereocenters. The van der Waals surface area contributed by atoms with E-state index < -0.39 is 0 Å². The number of nitrogens with zero attached hydrogens (tertiary/aromatic N) is 1. The smallest absolute Gasteiger partial charge is 0.188 e. The van der Waals surface area contributed by atoms with Crippen LogP contribution < -0.4 is 0 Å². The van der Waals surface area contributed by atoms with E-state index in [1.807, 2.05) is 17.0 Å². The second-order valence-electron chi connectivity index (χ2n) is 4.03. The largest absolute Gasteiger partial charge is 0.362 e. The summed E-state index contributed by atoms with van der Waals surface area (Å²) in [5.74, 6) is -0.0469. The van der Waals surface area contributed by atoms with Gasteiger partial charge in [0.1, 0.15) is 5.16 Å². The second-order valence-corrected chi connectivity index (χ2v) is 5.34. The van der Waals surface area contributed by atoms with Crippen molar-refractivity contribution in [1.82, 2.24) is 4.90 Å². The van der Waals surface area contributed by atoms with Gasteiger partial charge in [0.25, 0.3) is 0 Å². The minimum atomic E-state index is -0.0469. The normalized spacial score (nSPS) is 16.4. The third-order valence-electron chi connectivity index (χ3n) is 2.79. The van der Waals surface area contributed by atoms with E-state index in [0.717, 1.165) is 30.4 Å². The van der Waals surface area contributed by atoms with E-state index >= 15 is 0 Å². The lowest BCUT2D eigenvalue weighted by molar-refractivity contribution is 0.104. The molecule has 0 bridgehead atoms. The maximum absolute atomic E-state index is 11.9. The van der Waals surface area contributed by atoms with Crippen molar-refractivity contribution in [3.05, 3.63) is 45.5 Å². The first-order valence-electron chi connectivity index (χ1n) is 5.59. The van der Waals surface area contributed by atoms with Gasteiger partial charge in [0, 0.05) is 29.2 Å². The summed E-state index contributed by atoms with van der Waals surface area (Å²) < 4.78 is 0.962. The van der Waals surface area contributed by atoms with Gasteiger partial charge in [-0.1, -0.05) is 27.5 Å². The molecule has 0 aromatic heterocycles. The van der Waals surface area contributed by atoms with E-state index in [2.05, 4.69) is 15.9 Å². The summed E-state index contributed by atoms with van der Waals surface area (Å²) >= 11 is 9.46. The van der Waals surface area contributed by atoms with Crippen LogP contribution in [0, 0.1) is 0 Å². The summed E-state index contributed by atoms with van der Waals surface area (Å²) in [4.78, 5) is 14.0. The van der Waals surface area contributed by atoms with Crippen LogP contribution in [0.2, 0.25) is 0 Å². The highest BCUT2D eigenvalue weighted by molar-refractivity contribution is 9.10. The van der Waals surface area contributed by atoms with E-state index in [4.69, 9.17) is 11.6 Å². The predicted octanol–water partition coefficient (Wildman–Crippen LogP) is 3.81. The predicted molar refractivity (Wildman–Crippen MR) is 73.2 cm³/mol. The monoisotopic (exact) mass is 313 g/mol. The van der Waals surface area contributed by atoms with E-state index in [-0.39, 0.29) is 5.78 Å². The zero-order chi connectivity index (χ0) is 12.3. The van der Waals surface area contributed by atoms with Crippen molar-refractivity contribution in [1.29, 1.82) is 0 Å². The highest BCUT2D eigenvalue weighted by Gasteiger charge is 2.14. The Hall–Kier alpha value is -0.800. The number of hydrogen-bond donors (Lipinski definition) is 0. The number of ketones is 1. The molecule has 1 fully saturated rings. The van der Waals surface area contributed by atoms with Gasteiger partial charge >= 0.3 is 0 Å². The van der Waals surface area contributed by atoms with E-state index in [0.29, 0.717) is 10.7 Å². The average Bonchev–Trinajstić information content (AvgIpc) is 2.83. The fourth-order valence-electron chi connectivity index (χ4n) is 1.83. The first-order valence-corrected chi connectivity index (χ1v) is 6.76. The van der Waals surface area contributed by atoms with Crippen LogP contribution in [0.25, 0.3) is 0 Å². The number of halogens is 2. The Morgan fingerprint density at radius 1 is 1.24 bits per heavy atom. The summed E-state index contributed by atoms with van der Waals surface area (Å²) in [5.41, 5.74) is 0.658. The van der Waals surface area contributed by atoms with Crippen molar-refractivity contribution < 1.29 is 4.79 Å². The number of benzene rings is 1. The molecule has 17 heavy (non-hydrogen) atoms. The van der Waals surface area contributed by atoms with Gasteiger partial charge in [0.05, 0.1) is 0 Å². The number of likely N-dealkylation sites (tertiary alicyclic amines) is 1. The molecular weight excluding hydrogens is 302 g/mol. The van der Waals surface area contributed by atoms with Crippen LogP contribution in [0.1, 0.15) is 23.2 Å². The van der Waals surface area contributed by atoms with E-state index in [1.165, 1.54) is 6.08 Å². The van der Waals surface area contributed by atoms with Crippen LogP contribution in [0.3, 0.4) is 0 Å². The number of carbonyl (C=O) groups excluding carboxylic acids is 1. The SMILES string of the molecule is O=C(/C=C(/Cl)N1CCCC1)c1ccc(Br)cc1. The third kappa shape index (κ3) is 3.33. The van der Waals surface area contributed by atoms with Gasteiger partial charge in [-0.25, -0.2) is 0 Å². The Bertz CT molecular complexity index is 435. The molecule has 1 aliphatic rings. The lowest BCUT2D eigenvalue weighted by Gasteiger charge is -2.15. The summed E-state index contributed by atoms with van der Waals surface area (Å²) in [6, 6.07) is 7.28. The second kappa shape index (κ2) is 5.69. The molecule has 0 radical (unpaired) electrons. The zero-order valence-electron chi connectivity index (χ0n) is 9.33. The fraction of sp³-hybridized carbons (Fsp3) is 0.308. The summed E-state index contributed by atoms with van der Waals surface area (Å²) in [6.45, 7) is 1.89. The molecule has 0 amide bonds. The van der Waals surface area contributed by atoms with Gasteiger partial charge in [-0.15, -0.1) is 0 Å². The molecule has 0 N–H and O–H groups in total. The van der Waals surface area contributed by atoms with Gasteiger partial charge in [-0.05, 0) is 37.1 Å². The summed E-state index contributed by atoms with van der Waals surface area (Å²) in [6.07, 6.45) is 3.81. The van der Waals surface area contributed by atoms with Crippen LogP contribution in [-0.2, 0) is 0 Å². The minimum absolute atomic E-state index is 0.0469. The van der Waals surface area contributed by atoms with Gasteiger partial charge in [0.15, 0.2) is 5.78 Å².